The number of fused-ring (bicyclic) bond motifs is 1. The van der Waals surface area contributed by atoms with E-state index in [9.17, 15) is 14.4 Å². The molecular formula is C20H20N4O3. The highest BCUT2D eigenvalue weighted by molar-refractivity contribution is 6.09. The van der Waals surface area contributed by atoms with Crippen molar-refractivity contribution in [3.8, 4) is 6.07 Å². The number of carbonyl (C=O) groups excluding carboxylic acids is 3. The van der Waals surface area contributed by atoms with E-state index in [1.807, 2.05) is 48.5 Å². The van der Waals surface area contributed by atoms with Crippen LogP contribution >= 0.6 is 0 Å². The number of imide groups is 1. The summed E-state index contributed by atoms with van der Waals surface area (Å²) in [5.41, 5.74) is -0.570. The first kappa shape index (κ1) is 18.4. The standard InChI is InChI=1S/C20H20N4O3/c1-20(16-9-8-14-6-3-4-7-15(14)12-16)18(26)24(19(27)22-20)13-17(25)23(2)11-5-10-21/h3-4,6-9,12H,5,11,13H2,1-2H3,(H,22,27)/t20-/m1/s1. The third-order valence-electron chi connectivity index (χ3n) is 4.88. The molecule has 0 aromatic heterocycles. The van der Waals surface area contributed by atoms with E-state index in [0.29, 0.717) is 5.56 Å². The number of hydrogen-bond donors (Lipinski definition) is 1. The lowest BCUT2D eigenvalue weighted by atomic mass is 9.90. The third-order valence-corrected chi connectivity index (χ3v) is 4.88. The first-order valence-corrected chi connectivity index (χ1v) is 8.61. The van der Waals surface area contributed by atoms with Gasteiger partial charge in [-0.15, -0.1) is 0 Å². The minimum Gasteiger partial charge on any atom is -0.343 e. The Morgan fingerprint density at radius 2 is 1.93 bits per heavy atom. The minimum atomic E-state index is -1.23. The summed E-state index contributed by atoms with van der Waals surface area (Å²) in [4.78, 5) is 39.9. The number of urea groups is 1. The largest absolute Gasteiger partial charge is 0.343 e. The van der Waals surface area contributed by atoms with Crippen LogP contribution in [0.15, 0.2) is 42.5 Å². The van der Waals surface area contributed by atoms with Crippen LogP contribution in [0.5, 0.6) is 0 Å². The van der Waals surface area contributed by atoms with Crippen LogP contribution in [0, 0.1) is 11.3 Å². The SMILES string of the molecule is CN(CCC#N)C(=O)CN1C(=O)N[C@](C)(c2ccc3ccccc3c2)C1=O. The van der Waals surface area contributed by atoms with E-state index in [1.54, 1.807) is 14.0 Å². The van der Waals surface area contributed by atoms with E-state index in [1.165, 1.54) is 4.90 Å². The van der Waals surface area contributed by atoms with E-state index < -0.39 is 23.4 Å². The second-order valence-electron chi connectivity index (χ2n) is 6.73. The van der Waals surface area contributed by atoms with Gasteiger partial charge >= 0.3 is 6.03 Å². The van der Waals surface area contributed by atoms with Crippen LogP contribution in [0.25, 0.3) is 10.8 Å². The molecule has 1 aliphatic heterocycles. The number of rotatable bonds is 5. The van der Waals surface area contributed by atoms with Gasteiger partial charge in [0.15, 0.2) is 0 Å². The highest BCUT2D eigenvalue weighted by atomic mass is 16.2. The number of nitrogens with zero attached hydrogens (tertiary/aromatic N) is 3. The van der Waals surface area contributed by atoms with Gasteiger partial charge in [0.05, 0.1) is 12.5 Å². The van der Waals surface area contributed by atoms with Crippen molar-refractivity contribution in [3.63, 3.8) is 0 Å². The molecule has 0 aliphatic carbocycles. The Labute approximate surface area is 157 Å². The third kappa shape index (κ3) is 3.34. The molecule has 138 valence electrons. The number of benzene rings is 2. The lowest BCUT2D eigenvalue weighted by Crippen LogP contribution is -2.43. The summed E-state index contributed by atoms with van der Waals surface area (Å²) >= 11 is 0. The molecule has 1 heterocycles. The molecule has 2 aromatic carbocycles. The van der Waals surface area contributed by atoms with Crippen LogP contribution in [-0.4, -0.2) is 47.8 Å². The van der Waals surface area contributed by atoms with Gasteiger partial charge < -0.3 is 10.2 Å². The molecule has 3 rings (SSSR count). The average Bonchev–Trinajstić information content (AvgIpc) is 2.89. The number of hydrogen-bond acceptors (Lipinski definition) is 4. The zero-order chi connectivity index (χ0) is 19.6. The fourth-order valence-electron chi connectivity index (χ4n) is 3.13. The van der Waals surface area contributed by atoms with Crippen LogP contribution in [0.3, 0.4) is 0 Å². The van der Waals surface area contributed by atoms with E-state index in [0.717, 1.165) is 15.7 Å². The van der Waals surface area contributed by atoms with E-state index in [-0.39, 0.29) is 19.5 Å². The van der Waals surface area contributed by atoms with Gasteiger partial charge in [-0.25, -0.2) is 4.79 Å². The van der Waals surface area contributed by atoms with Crippen LogP contribution in [0.4, 0.5) is 4.79 Å². The molecule has 27 heavy (non-hydrogen) atoms. The van der Waals surface area contributed by atoms with Gasteiger partial charge in [0.1, 0.15) is 12.1 Å². The summed E-state index contributed by atoms with van der Waals surface area (Å²) in [6.07, 6.45) is 0.192. The van der Waals surface area contributed by atoms with Crippen LogP contribution < -0.4 is 5.32 Å². The van der Waals surface area contributed by atoms with Crippen molar-refractivity contribution in [1.82, 2.24) is 15.1 Å². The first-order chi connectivity index (χ1) is 12.9. The Hall–Kier alpha value is -3.40. The van der Waals surface area contributed by atoms with Crippen LogP contribution in [0.2, 0.25) is 0 Å². The predicted molar refractivity (Wildman–Crippen MR) is 99.4 cm³/mol. The Morgan fingerprint density at radius 1 is 1.22 bits per heavy atom. The topological polar surface area (TPSA) is 93.5 Å². The summed E-state index contributed by atoms with van der Waals surface area (Å²) in [5.74, 6) is -0.860. The summed E-state index contributed by atoms with van der Waals surface area (Å²) < 4.78 is 0. The lowest BCUT2D eigenvalue weighted by Gasteiger charge is -2.23. The van der Waals surface area contributed by atoms with E-state index >= 15 is 0 Å². The second kappa shape index (κ2) is 7.08. The van der Waals surface area contributed by atoms with Crippen LogP contribution in [-0.2, 0) is 15.1 Å². The molecule has 0 unspecified atom stereocenters. The second-order valence-corrected chi connectivity index (χ2v) is 6.73. The molecule has 1 aliphatic rings. The normalized spacial score (nSPS) is 19.1. The number of nitriles is 1. The predicted octanol–water partition coefficient (Wildman–Crippen LogP) is 1.98. The van der Waals surface area contributed by atoms with Crippen molar-refractivity contribution in [2.24, 2.45) is 0 Å². The Kier molecular flexibility index (Phi) is 4.82. The Morgan fingerprint density at radius 3 is 2.63 bits per heavy atom. The van der Waals surface area contributed by atoms with Crippen molar-refractivity contribution in [3.05, 3.63) is 48.0 Å². The minimum absolute atomic E-state index is 0.192. The molecule has 0 radical (unpaired) electrons. The summed E-state index contributed by atoms with van der Waals surface area (Å²) in [6, 6.07) is 14.7. The lowest BCUT2D eigenvalue weighted by molar-refractivity contribution is -0.138. The fourth-order valence-corrected chi connectivity index (χ4v) is 3.13. The zero-order valence-corrected chi connectivity index (χ0v) is 15.2. The summed E-state index contributed by atoms with van der Waals surface area (Å²) in [6.45, 7) is 1.54. The Bertz CT molecular complexity index is 965. The number of nitrogens with one attached hydrogen (secondary N) is 1. The fraction of sp³-hybridized carbons (Fsp3) is 0.300. The van der Waals surface area contributed by atoms with Crippen molar-refractivity contribution >= 4 is 28.6 Å². The number of likely N-dealkylation sites (N-methyl/N-ethyl adjacent to an activating group) is 1. The molecule has 7 heteroatoms. The van der Waals surface area contributed by atoms with E-state index in [2.05, 4.69) is 5.32 Å². The highest BCUT2D eigenvalue weighted by Gasteiger charge is 2.49. The molecule has 1 atom stereocenters. The van der Waals surface area contributed by atoms with Crippen molar-refractivity contribution in [1.29, 1.82) is 5.26 Å². The van der Waals surface area contributed by atoms with Crippen molar-refractivity contribution < 1.29 is 14.4 Å². The van der Waals surface area contributed by atoms with Gasteiger partial charge in [0.2, 0.25) is 5.91 Å². The maximum Gasteiger partial charge on any atom is 0.325 e. The molecule has 2 aromatic rings. The van der Waals surface area contributed by atoms with Gasteiger partial charge in [0.25, 0.3) is 5.91 Å². The van der Waals surface area contributed by atoms with Gasteiger partial charge in [-0.05, 0) is 29.3 Å². The first-order valence-electron chi connectivity index (χ1n) is 8.61. The molecule has 0 bridgehead atoms. The van der Waals surface area contributed by atoms with Gasteiger partial charge in [-0.2, -0.15) is 5.26 Å². The van der Waals surface area contributed by atoms with Crippen molar-refractivity contribution in [2.45, 2.75) is 18.9 Å². The molecule has 0 spiro atoms. The molecule has 0 saturated carbocycles. The number of carbonyl (C=O) groups is 3. The van der Waals surface area contributed by atoms with Gasteiger partial charge in [-0.1, -0.05) is 36.4 Å². The monoisotopic (exact) mass is 364 g/mol. The molecule has 1 N–H and O–H groups in total. The smallest absolute Gasteiger partial charge is 0.325 e. The molecular weight excluding hydrogens is 344 g/mol. The van der Waals surface area contributed by atoms with E-state index in [4.69, 9.17) is 5.26 Å². The van der Waals surface area contributed by atoms with Gasteiger partial charge in [0, 0.05) is 13.6 Å². The number of amides is 4. The summed E-state index contributed by atoms with van der Waals surface area (Å²) in [7, 11) is 1.54. The molecule has 1 saturated heterocycles. The zero-order valence-electron chi connectivity index (χ0n) is 15.2. The molecule has 7 nitrogen and oxygen atoms in total. The quantitative estimate of drug-likeness (QED) is 0.821. The molecule has 4 amide bonds. The van der Waals surface area contributed by atoms with Crippen molar-refractivity contribution in [2.75, 3.05) is 20.1 Å². The average molecular weight is 364 g/mol. The molecule has 1 fully saturated rings. The van der Waals surface area contributed by atoms with Crippen LogP contribution in [0.1, 0.15) is 18.9 Å². The van der Waals surface area contributed by atoms with Gasteiger partial charge in [-0.3, -0.25) is 14.5 Å². The summed E-state index contributed by atoms with van der Waals surface area (Å²) in [5, 5.41) is 13.3. The maximum atomic E-state index is 13.0. The highest BCUT2D eigenvalue weighted by Crippen LogP contribution is 2.31. The maximum absolute atomic E-state index is 13.0. The Balaban J connectivity index is 1.83.